The number of aliphatic hydroxyl groups is 1. The van der Waals surface area contributed by atoms with Crippen LogP contribution in [0.3, 0.4) is 0 Å². The maximum atomic E-state index is 12.2. The smallest absolute Gasteiger partial charge is 0.303 e. The second kappa shape index (κ2) is 12.7. The molecule has 25 heavy (non-hydrogen) atoms. The van der Waals surface area contributed by atoms with Gasteiger partial charge >= 0.3 is 5.97 Å². The van der Waals surface area contributed by atoms with Crippen molar-refractivity contribution in [2.45, 2.75) is 63.5 Å². The quantitative estimate of drug-likeness (QED) is 0.416. The third-order valence-corrected chi connectivity index (χ3v) is 4.25. The van der Waals surface area contributed by atoms with Gasteiger partial charge in [-0.2, -0.15) is 0 Å². The van der Waals surface area contributed by atoms with Crippen LogP contribution >= 0.6 is 0 Å². The van der Waals surface area contributed by atoms with Crippen LogP contribution in [0.25, 0.3) is 0 Å². The van der Waals surface area contributed by atoms with Gasteiger partial charge in [-0.3, -0.25) is 9.59 Å². The maximum Gasteiger partial charge on any atom is 0.303 e. The van der Waals surface area contributed by atoms with E-state index in [0.29, 0.717) is 38.8 Å². The number of ether oxygens (including phenoxy) is 1. The molecular weight excluding hydrogens is 322 g/mol. The van der Waals surface area contributed by atoms with E-state index < -0.39 is 12.1 Å². The molecule has 142 valence electrons. The first-order chi connectivity index (χ1) is 12.0. The first-order valence-electron chi connectivity index (χ1n) is 9.06. The number of methoxy groups -OCH3 is 1. The lowest BCUT2D eigenvalue weighted by atomic mass is 10.00. The van der Waals surface area contributed by atoms with E-state index in [1.807, 2.05) is 23.1 Å². The molecule has 1 aliphatic heterocycles. The van der Waals surface area contributed by atoms with Gasteiger partial charge in [-0.05, 0) is 38.5 Å². The van der Waals surface area contributed by atoms with Crippen LogP contribution in [0.2, 0.25) is 0 Å². The average molecular weight is 353 g/mol. The van der Waals surface area contributed by atoms with Gasteiger partial charge in [0.15, 0.2) is 0 Å². The number of nitrogens with zero attached hydrogens (tertiary/aromatic N) is 1. The summed E-state index contributed by atoms with van der Waals surface area (Å²) in [7, 11) is 1.64. The third-order valence-electron chi connectivity index (χ3n) is 4.25. The summed E-state index contributed by atoms with van der Waals surface area (Å²) in [5, 5.41) is 18.6. The molecule has 6 nitrogen and oxygen atoms in total. The molecule has 1 amide bonds. The van der Waals surface area contributed by atoms with Gasteiger partial charge in [0.05, 0.1) is 12.1 Å². The number of amides is 1. The van der Waals surface area contributed by atoms with Crippen molar-refractivity contribution in [3.63, 3.8) is 0 Å². The van der Waals surface area contributed by atoms with Crippen LogP contribution in [-0.4, -0.2) is 59.4 Å². The lowest BCUT2D eigenvalue weighted by molar-refractivity contribution is -0.137. The fourth-order valence-electron chi connectivity index (χ4n) is 2.85. The first kappa shape index (κ1) is 21.4. The number of carbonyl (C=O) groups is 2. The lowest BCUT2D eigenvalue weighted by Crippen LogP contribution is -2.42. The molecule has 2 atom stereocenters. The van der Waals surface area contributed by atoms with Crippen LogP contribution in [0.5, 0.6) is 0 Å². The number of carboxylic acid groups (broad SMARTS) is 1. The van der Waals surface area contributed by atoms with Crippen molar-refractivity contribution in [2.24, 2.45) is 0 Å². The zero-order valence-electron chi connectivity index (χ0n) is 15.1. The molecule has 0 spiro atoms. The SMILES string of the molecule is COCCCC(O)C=C[C@H]1CCCC(=O)N1CC=CCCCC(=O)O. The predicted molar refractivity (Wildman–Crippen MR) is 96.2 cm³/mol. The molecule has 1 unspecified atom stereocenters. The van der Waals surface area contributed by atoms with Crippen molar-refractivity contribution in [2.75, 3.05) is 20.3 Å². The van der Waals surface area contributed by atoms with E-state index in [4.69, 9.17) is 9.84 Å². The first-order valence-corrected chi connectivity index (χ1v) is 9.06. The van der Waals surface area contributed by atoms with Crippen LogP contribution in [-0.2, 0) is 14.3 Å². The van der Waals surface area contributed by atoms with Crippen molar-refractivity contribution < 1.29 is 24.5 Å². The minimum Gasteiger partial charge on any atom is -0.481 e. The molecule has 0 aromatic rings. The van der Waals surface area contributed by atoms with E-state index in [2.05, 4.69) is 0 Å². The fraction of sp³-hybridized carbons (Fsp3) is 0.684. The number of hydrogen-bond acceptors (Lipinski definition) is 4. The molecule has 0 saturated carbocycles. The molecule has 0 radical (unpaired) electrons. The van der Waals surface area contributed by atoms with Gasteiger partial charge in [-0.15, -0.1) is 0 Å². The normalized spacial score (nSPS) is 19.8. The fourth-order valence-corrected chi connectivity index (χ4v) is 2.85. The van der Waals surface area contributed by atoms with Crippen LogP contribution < -0.4 is 0 Å². The summed E-state index contributed by atoms with van der Waals surface area (Å²) in [5.41, 5.74) is 0. The van der Waals surface area contributed by atoms with Gasteiger partial charge in [0.1, 0.15) is 0 Å². The minimum atomic E-state index is -0.783. The number of hydrogen-bond donors (Lipinski definition) is 2. The number of piperidine rings is 1. The lowest BCUT2D eigenvalue weighted by Gasteiger charge is -2.33. The second-order valence-corrected chi connectivity index (χ2v) is 6.35. The van der Waals surface area contributed by atoms with Gasteiger partial charge in [0.2, 0.25) is 5.91 Å². The molecule has 0 bridgehead atoms. The average Bonchev–Trinajstić information content (AvgIpc) is 2.57. The monoisotopic (exact) mass is 353 g/mol. The van der Waals surface area contributed by atoms with E-state index in [-0.39, 0.29) is 18.4 Å². The van der Waals surface area contributed by atoms with Crippen LogP contribution in [0.1, 0.15) is 51.4 Å². The highest BCUT2D eigenvalue weighted by Crippen LogP contribution is 2.19. The summed E-state index contributed by atoms with van der Waals surface area (Å²) in [6, 6.07) is 0.0157. The van der Waals surface area contributed by atoms with Crippen LogP contribution in [0.15, 0.2) is 24.3 Å². The number of carboxylic acids is 1. The van der Waals surface area contributed by atoms with Crippen molar-refractivity contribution >= 4 is 11.9 Å². The zero-order chi connectivity index (χ0) is 18.5. The Morgan fingerprint density at radius 2 is 2.20 bits per heavy atom. The summed E-state index contributed by atoms with van der Waals surface area (Å²) in [6.07, 6.45) is 12.3. The number of aliphatic carboxylic acids is 1. The highest BCUT2D eigenvalue weighted by molar-refractivity contribution is 5.77. The molecule has 1 rings (SSSR count). The topological polar surface area (TPSA) is 87.1 Å². The second-order valence-electron chi connectivity index (χ2n) is 6.35. The van der Waals surface area contributed by atoms with E-state index in [9.17, 15) is 14.7 Å². The highest BCUT2D eigenvalue weighted by atomic mass is 16.5. The van der Waals surface area contributed by atoms with E-state index in [0.717, 1.165) is 19.3 Å². The minimum absolute atomic E-state index is 0.0157. The van der Waals surface area contributed by atoms with Crippen LogP contribution in [0, 0.1) is 0 Å². The van der Waals surface area contributed by atoms with Crippen molar-refractivity contribution in [3.8, 4) is 0 Å². The number of rotatable bonds is 12. The molecule has 2 N–H and O–H groups in total. The number of likely N-dealkylation sites (tertiary alicyclic amines) is 1. The molecule has 6 heteroatoms. The Hall–Kier alpha value is -1.66. The molecule has 1 saturated heterocycles. The Morgan fingerprint density at radius 3 is 2.92 bits per heavy atom. The van der Waals surface area contributed by atoms with Gasteiger partial charge in [-0.25, -0.2) is 0 Å². The Kier molecular flexibility index (Phi) is 10.8. The summed E-state index contributed by atoms with van der Waals surface area (Å²) in [6.45, 7) is 1.16. The van der Waals surface area contributed by atoms with Crippen molar-refractivity contribution in [1.82, 2.24) is 4.90 Å². The molecule has 1 heterocycles. The highest BCUT2D eigenvalue weighted by Gasteiger charge is 2.25. The Bertz CT molecular complexity index is 461. The van der Waals surface area contributed by atoms with Gasteiger partial charge in [-0.1, -0.05) is 24.3 Å². The van der Waals surface area contributed by atoms with E-state index >= 15 is 0 Å². The van der Waals surface area contributed by atoms with Crippen molar-refractivity contribution in [1.29, 1.82) is 0 Å². The Morgan fingerprint density at radius 1 is 1.40 bits per heavy atom. The molecule has 1 fully saturated rings. The largest absolute Gasteiger partial charge is 0.481 e. The summed E-state index contributed by atoms with van der Waals surface area (Å²) in [4.78, 5) is 24.5. The number of aliphatic hydroxyl groups excluding tert-OH is 1. The van der Waals surface area contributed by atoms with E-state index in [1.165, 1.54) is 0 Å². The number of allylic oxidation sites excluding steroid dienone is 1. The predicted octanol–water partition coefficient (Wildman–Crippen LogP) is 2.52. The summed E-state index contributed by atoms with van der Waals surface area (Å²) < 4.78 is 4.97. The molecule has 0 aliphatic carbocycles. The Labute approximate surface area is 150 Å². The van der Waals surface area contributed by atoms with Gasteiger partial charge < -0.3 is 19.8 Å². The van der Waals surface area contributed by atoms with E-state index in [1.54, 1.807) is 13.2 Å². The Balaban J connectivity index is 2.45. The van der Waals surface area contributed by atoms with Crippen molar-refractivity contribution in [3.05, 3.63) is 24.3 Å². The number of carbonyl (C=O) groups excluding carboxylic acids is 1. The van der Waals surface area contributed by atoms with Gasteiger partial charge in [0, 0.05) is 33.1 Å². The molecule has 0 aromatic carbocycles. The molecule has 1 aliphatic rings. The molecular formula is C19H31NO5. The van der Waals surface area contributed by atoms with Gasteiger partial charge in [0.25, 0.3) is 0 Å². The maximum absolute atomic E-state index is 12.2. The summed E-state index contributed by atoms with van der Waals surface area (Å²) >= 11 is 0. The standard InChI is InChI=1S/C19H31NO5/c1-25-15-7-9-17(21)13-12-16-8-6-10-18(22)20(16)14-5-3-2-4-11-19(23)24/h3,5,12-13,16-17,21H,2,4,6-11,14-15H2,1H3,(H,23,24)/t16-,17?/m1/s1. The molecule has 0 aromatic heterocycles. The summed E-state index contributed by atoms with van der Waals surface area (Å²) in [5.74, 6) is -0.654. The van der Waals surface area contributed by atoms with Crippen LogP contribution in [0.4, 0.5) is 0 Å². The third kappa shape index (κ3) is 9.41. The zero-order valence-corrected chi connectivity index (χ0v) is 15.1. The number of unbranched alkanes of at least 4 members (excludes halogenated alkanes) is 1.